The molecule has 0 N–H and O–H groups in total. The number of carbonyl (C=O) groups excluding carboxylic acids is 2. The maximum atomic E-state index is 13.5. The van der Waals surface area contributed by atoms with Crippen molar-refractivity contribution in [2.45, 2.75) is 33.7 Å². The van der Waals surface area contributed by atoms with Crippen LogP contribution in [0.2, 0.25) is 0 Å². The van der Waals surface area contributed by atoms with Crippen molar-refractivity contribution in [3.63, 3.8) is 0 Å². The minimum Gasteiger partial charge on any atom is -0.462 e. The van der Waals surface area contributed by atoms with Crippen molar-refractivity contribution in [2.75, 3.05) is 26.1 Å². The Balaban J connectivity index is 2.38. The van der Waals surface area contributed by atoms with Crippen LogP contribution in [0, 0.1) is 6.92 Å². The Hall–Kier alpha value is -3.50. The van der Waals surface area contributed by atoms with Crippen LogP contribution < -0.4 is 11.0 Å². The third-order valence-corrected chi connectivity index (χ3v) is 5.68. The number of hydrogen-bond donors (Lipinski definition) is 0. The normalized spacial score (nSPS) is 12.4. The standard InChI is InChI=1S/C26H30N4O5S/c1-5-34-15-10-14-29-23-19(25(32)30-13-9-11-18(3)22(30)28-23)17-20(26(33)35-6-2)24(29)27-21(31)12-7-8-16-36-4/h7-9,11-13,16-17H,5-6,10,14-15H2,1-4H3. The van der Waals surface area contributed by atoms with Crippen LogP contribution in [0.5, 0.6) is 0 Å². The van der Waals surface area contributed by atoms with Crippen LogP contribution in [0.25, 0.3) is 16.7 Å². The second-order valence-electron chi connectivity index (χ2n) is 7.72. The number of hydrogen-bond acceptors (Lipinski definition) is 7. The van der Waals surface area contributed by atoms with E-state index >= 15 is 0 Å². The third-order valence-electron chi connectivity index (χ3n) is 5.26. The lowest BCUT2D eigenvalue weighted by Crippen LogP contribution is -2.33. The highest BCUT2D eigenvalue weighted by Gasteiger charge is 2.20. The monoisotopic (exact) mass is 510 g/mol. The summed E-state index contributed by atoms with van der Waals surface area (Å²) in [4.78, 5) is 48.2. The van der Waals surface area contributed by atoms with Crippen molar-refractivity contribution in [1.82, 2.24) is 14.0 Å². The molecule has 0 aliphatic carbocycles. The van der Waals surface area contributed by atoms with Gasteiger partial charge in [0.15, 0.2) is 5.49 Å². The third kappa shape index (κ3) is 6.19. The number of thioether (sulfide) groups is 1. The molecule has 36 heavy (non-hydrogen) atoms. The molecular weight excluding hydrogens is 480 g/mol. The topological polar surface area (TPSA) is 104 Å². The van der Waals surface area contributed by atoms with E-state index in [0.717, 1.165) is 5.56 Å². The van der Waals surface area contributed by atoms with Gasteiger partial charge < -0.3 is 14.0 Å². The summed E-state index contributed by atoms with van der Waals surface area (Å²) in [5, 5.41) is 2.05. The van der Waals surface area contributed by atoms with Gasteiger partial charge in [-0.15, -0.1) is 11.8 Å². The van der Waals surface area contributed by atoms with Crippen molar-refractivity contribution >= 4 is 40.3 Å². The molecule has 0 saturated carbocycles. The van der Waals surface area contributed by atoms with Gasteiger partial charge in [0.2, 0.25) is 0 Å². The number of amides is 1. The lowest BCUT2D eigenvalue weighted by atomic mass is 10.2. The maximum absolute atomic E-state index is 13.5. The van der Waals surface area contributed by atoms with Crippen LogP contribution in [-0.2, 0) is 20.8 Å². The van der Waals surface area contributed by atoms with Gasteiger partial charge in [-0.3, -0.25) is 14.0 Å². The molecule has 0 radical (unpaired) electrons. The molecule has 0 spiro atoms. The fraction of sp³-hybridized carbons (Fsp3) is 0.346. The summed E-state index contributed by atoms with van der Waals surface area (Å²) in [6, 6.07) is 5.04. The van der Waals surface area contributed by atoms with Gasteiger partial charge in [-0.25, -0.2) is 9.78 Å². The first kappa shape index (κ1) is 27.1. The smallest absolute Gasteiger partial charge is 0.341 e. The number of pyridine rings is 2. The van der Waals surface area contributed by atoms with Gasteiger partial charge in [-0.1, -0.05) is 18.2 Å². The Morgan fingerprint density at radius 1 is 1.19 bits per heavy atom. The van der Waals surface area contributed by atoms with Gasteiger partial charge in [-0.2, -0.15) is 4.99 Å². The van der Waals surface area contributed by atoms with E-state index in [1.807, 2.05) is 31.6 Å². The fourth-order valence-corrected chi connectivity index (χ4v) is 3.90. The van der Waals surface area contributed by atoms with E-state index in [2.05, 4.69) is 4.99 Å². The highest BCUT2D eigenvalue weighted by Crippen LogP contribution is 2.14. The molecular formula is C26H30N4O5S. The van der Waals surface area contributed by atoms with E-state index in [9.17, 15) is 14.4 Å². The highest BCUT2D eigenvalue weighted by atomic mass is 32.2. The molecule has 0 unspecified atom stereocenters. The van der Waals surface area contributed by atoms with Gasteiger partial charge >= 0.3 is 5.97 Å². The van der Waals surface area contributed by atoms with E-state index < -0.39 is 11.9 Å². The molecule has 0 saturated heterocycles. The fourth-order valence-electron chi connectivity index (χ4n) is 3.65. The zero-order chi connectivity index (χ0) is 26.1. The van der Waals surface area contributed by atoms with Crippen LogP contribution in [0.15, 0.2) is 57.8 Å². The number of esters is 1. The van der Waals surface area contributed by atoms with Gasteiger partial charge in [0.1, 0.15) is 16.9 Å². The molecule has 9 nitrogen and oxygen atoms in total. The Bertz CT molecular complexity index is 1450. The summed E-state index contributed by atoms with van der Waals surface area (Å²) in [5.74, 6) is -1.23. The average molecular weight is 511 g/mol. The summed E-state index contributed by atoms with van der Waals surface area (Å²) in [6.45, 7) is 6.91. The first-order chi connectivity index (χ1) is 17.4. The predicted octanol–water partition coefficient (Wildman–Crippen LogP) is 3.42. The van der Waals surface area contributed by atoms with Crippen LogP contribution in [-0.4, -0.2) is 51.9 Å². The molecule has 0 bridgehead atoms. The predicted molar refractivity (Wildman–Crippen MR) is 141 cm³/mol. The van der Waals surface area contributed by atoms with Crippen LogP contribution in [0.1, 0.15) is 36.2 Å². The second kappa shape index (κ2) is 13.0. The second-order valence-corrected chi connectivity index (χ2v) is 8.46. The summed E-state index contributed by atoms with van der Waals surface area (Å²) >= 11 is 1.50. The molecule has 0 aromatic carbocycles. The Morgan fingerprint density at radius 3 is 2.72 bits per heavy atom. The summed E-state index contributed by atoms with van der Waals surface area (Å²) in [7, 11) is 0. The van der Waals surface area contributed by atoms with E-state index in [0.29, 0.717) is 37.5 Å². The van der Waals surface area contributed by atoms with Crippen LogP contribution in [0.3, 0.4) is 0 Å². The quantitative estimate of drug-likeness (QED) is 0.135. The number of ether oxygens (including phenoxy) is 2. The Morgan fingerprint density at radius 2 is 2.00 bits per heavy atom. The Labute approximate surface area is 213 Å². The van der Waals surface area contributed by atoms with Gasteiger partial charge in [-0.05, 0) is 56.6 Å². The summed E-state index contributed by atoms with van der Waals surface area (Å²) < 4.78 is 13.8. The molecule has 0 aliphatic rings. The van der Waals surface area contributed by atoms with Gasteiger partial charge in [0.25, 0.3) is 11.5 Å². The lowest BCUT2D eigenvalue weighted by Gasteiger charge is -2.15. The zero-order valence-corrected chi connectivity index (χ0v) is 21.7. The van der Waals surface area contributed by atoms with E-state index in [4.69, 9.17) is 14.5 Å². The molecule has 10 heteroatoms. The number of nitrogens with zero attached hydrogens (tertiary/aromatic N) is 4. The van der Waals surface area contributed by atoms with Crippen LogP contribution >= 0.6 is 11.8 Å². The van der Waals surface area contributed by atoms with E-state index in [1.54, 1.807) is 35.9 Å². The average Bonchev–Trinajstić information content (AvgIpc) is 2.86. The van der Waals surface area contributed by atoms with Crippen molar-refractivity contribution in [1.29, 1.82) is 0 Å². The molecule has 190 valence electrons. The molecule has 3 rings (SSSR count). The minimum atomic E-state index is -0.676. The molecule has 0 aliphatic heterocycles. The summed E-state index contributed by atoms with van der Waals surface area (Å²) in [6.07, 6.45) is 8.70. The van der Waals surface area contributed by atoms with Gasteiger partial charge in [0.05, 0.1) is 12.0 Å². The summed E-state index contributed by atoms with van der Waals surface area (Å²) in [5.41, 5.74) is 1.40. The molecule has 1 amide bonds. The maximum Gasteiger partial charge on any atom is 0.341 e. The van der Waals surface area contributed by atoms with Crippen molar-refractivity contribution < 1.29 is 19.1 Å². The van der Waals surface area contributed by atoms with E-state index in [-0.39, 0.29) is 28.6 Å². The number of carbonyl (C=O) groups is 2. The minimum absolute atomic E-state index is 0.0219. The van der Waals surface area contributed by atoms with E-state index in [1.165, 1.54) is 28.3 Å². The number of aromatic nitrogens is 3. The number of aryl methyl sites for hydroxylation is 2. The van der Waals surface area contributed by atoms with Gasteiger partial charge in [0, 0.05) is 32.0 Å². The van der Waals surface area contributed by atoms with Crippen LogP contribution in [0.4, 0.5) is 0 Å². The molecule has 3 aromatic heterocycles. The van der Waals surface area contributed by atoms with Crippen molar-refractivity contribution in [3.05, 3.63) is 75.0 Å². The molecule has 0 atom stereocenters. The molecule has 3 aromatic rings. The zero-order valence-electron chi connectivity index (χ0n) is 20.9. The SMILES string of the molecule is CCOCCCn1c(=NC(=O)C=CC=CSC)c(C(=O)OCC)cc2c(=O)n3cccc(C)c3nc21. The first-order valence-corrected chi connectivity index (χ1v) is 13.0. The van der Waals surface area contributed by atoms with Crippen molar-refractivity contribution in [3.8, 4) is 0 Å². The molecule has 0 fully saturated rings. The number of allylic oxidation sites excluding steroid dienone is 2. The highest BCUT2D eigenvalue weighted by molar-refractivity contribution is 8.01. The Kier molecular flexibility index (Phi) is 9.77. The lowest BCUT2D eigenvalue weighted by molar-refractivity contribution is -0.113. The molecule has 3 heterocycles. The van der Waals surface area contributed by atoms with Crippen molar-refractivity contribution in [2.24, 2.45) is 4.99 Å². The number of rotatable bonds is 10. The first-order valence-electron chi connectivity index (χ1n) is 11.7. The largest absolute Gasteiger partial charge is 0.462 e. The number of fused-ring (bicyclic) bond motifs is 2.